The lowest BCUT2D eigenvalue weighted by Gasteiger charge is -2.20. The zero-order valence-corrected chi connectivity index (χ0v) is 12.7. The number of carbonyl (C=O) groups is 1. The molecule has 4 heteroatoms. The number of hydrogen-bond donors (Lipinski definition) is 0. The number of rotatable bonds is 5. The van der Waals surface area contributed by atoms with Gasteiger partial charge in [0.1, 0.15) is 17.4 Å². The third-order valence-corrected chi connectivity index (χ3v) is 4.81. The highest BCUT2D eigenvalue weighted by Crippen LogP contribution is 2.38. The van der Waals surface area contributed by atoms with Gasteiger partial charge in [-0.25, -0.2) is 8.78 Å². The smallest absolute Gasteiger partial charge is 0.142 e. The Labute approximate surface area is 127 Å². The quantitative estimate of drug-likeness (QED) is 0.792. The maximum Gasteiger partial charge on any atom is 0.142 e. The fourth-order valence-corrected chi connectivity index (χ4v) is 3.15. The van der Waals surface area contributed by atoms with Gasteiger partial charge in [0.25, 0.3) is 0 Å². The van der Waals surface area contributed by atoms with Gasteiger partial charge in [-0.05, 0) is 49.2 Å². The molecule has 0 N–H and O–H groups in total. The number of carbonyl (C=O) groups excluding carboxylic acids is 1. The van der Waals surface area contributed by atoms with Gasteiger partial charge in [-0.15, -0.1) is 11.8 Å². The zero-order valence-electron chi connectivity index (χ0n) is 11.8. The van der Waals surface area contributed by atoms with E-state index in [9.17, 15) is 13.6 Å². The molecule has 1 nitrogen and oxygen atoms in total. The van der Waals surface area contributed by atoms with Crippen LogP contribution in [0.5, 0.6) is 0 Å². The first-order valence-corrected chi connectivity index (χ1v) is 7.58. The van der Waals surface area contributed by atoms with Crippen LogP contribution in [0.15, 0.2) is 48.5 Å². The van der Waals surface area contributed by atoms with Crippen LogP contribution in [0.3, 0.4) is 0 Å². The lowest BCUT2D eigenvalue weighted by atomic mass is 10.0. The second-order valence-corrected chi connectivity index (χ2v) is 6.32. The summed E-state index contributed by atoms with van der Waals surface area (Å²) in [5.74, 6) is -0.531. The van der Waals surface area contributed by atoms with Gasteiger partial charge in [-0.2, -0.15) is 0 Å². The van der Waals surface area contributed by atoms with Gasteiger partial charge in [-0.1, -0.05) is 24.3 Å². The van der Waals surface area contributed by atoms with Crippen LogP contribution in [-0.4, -0.2) is 11.0 Å². The summed E-state index contributed by atoms with van der Waals surface area (Å²) in [5, 5.41) is -0.324. The maximum atomic E-state index is 13.1. The van der Waals surface area contributed by atoms with Crippen LogP contribution in [0.1, 0.15) is 30.2 Å². The van der Waals surface area contributed by atoms with E-state index in [1.54, 1.807) is 31.2 Å². The molecule has 2 aromatic carbocycles. The van der Waals surface area contributed by atoms with Crippen LogP contribution in [-0.2, 0) is 4.79 Å². The van der Waals surface area contributed by atoms with E-state index in [2.05, 4.69) is 0 Å². The lowest BCUT2D eigenvalue weighted by Crippen LogP contribution is -2.12. The third kappa shape index (κ3) is 4.14. The monoisotopic (exact) mass is 306 g/mol. The van der Waals surface area contributed by atoms with Crippen LogP contribution in [0.2, 0.25) is 0 Å². The van der Waals surface area contributed by atoms with Crippen molar-refractivity contribution in [2.24, 2.45) is 0 Å². The minimum absolute atomic E-state index is 0.0780. The van der Waals surface area contributed by atoms with E-state index in [-0.39, 0.29) is 27.9 Å². The average molecular weight is 306 g/mol. The standard InChI is InChI=1S/C17H16F2OS/c1-11(20)12(2)21-17(13-3-7-15(18)8-4-13)14-5-9-16(19)10-6-14/h3-10,12,17H,1-2H3. The summed E-state index contributed by atoms with van der Waals surface area (Å²) in [7, 11) is 0. The molecule has 0 aliphatic carbocycles. The molecule has 0 saturated carbocycles. The van der Waals surface area contributed by atoms with E-state index in [0.717, 1.165) is 11.1 Å². The topological polar surface area (TPSA) is 17.1 Å². The molecule has 0 radical (unpaired) electrons. The van der Waals surface area contributed by atoms with Crippen molar-refractivity contribution < 1.29 is 13.6 Å². The molecule has 0 spiro atoms. The molecule has 0 aliphatic heterocycles. The van der Waals surface area contributed by atoms with Crippen molar-refractivity contribution in [1.29, 1.82) is 0 Å². The van der Waals surface area contributed by atoms with Crippen molar-refractivity contribution >= 4 is 17.5 Å². The highest BCUT2D eigenvalue weighted by atomic mass is 32.2. The molecule has 2 aromatic rings. The van der Waals surface area contributed by atoms with Gasteiger partial charge in [0.2, 0.25) is 0 Å². The zero-order chi connectivity index (χ0) is 15.4. The Morgan fingerprint density at radius 1 is 0.905 bits per heavy atom. The number of thioether (sulfide) groups is 1. The highest BCUT2D eigenvalue weighted by Gasteiger charge is 2.20. The second-order valence-electron chi connectivity index (χ2n) is 4.87. The maximum absolute atomic E-state index is 13.1. The summed E-state index contributed by atoms with van der Waals surface area (Å²) in [5.41, 5.74) is 1.78. The fourth-order valence-electron chi connectivity index (χ4n) is 1.92. The molecule has 0 amide bonds. The first-order chi connectivity index (χ1) is 9.97. The molecule has 0 aromatic heterocycles. The third-order valence-electron chi connectivity index (χ3n) is 3.26. The predicted octanol–water partition coefficient (Wildman–Crippen LogP) is 4.76. The van der Waals surface area contributed by atoms with Crippen molar-refractivity contribution in [3.8, 4) is 0 Å². The average Bonchev–Trinajstić information content (AvgIpc) is 2.46. The minimum atomic E-state index is -0.304. The first-order valence-electron chi connectivity index (χ1n) is 6.64. The molecule has 2 rings (SSSR count). The van der Waals surface area contributed by atoms with Gasteiger partial charge in [0, 0.05) is 0 Å². The number of benzene rings is 2. The van der Waals surface area contributed by atoms with E-state index in [1.807, 2.05) is 6.92 Å². The normalized spacial score (nSPS) is 12.4. The van der Waals surface area contributed by atoms with E-state index in [4.69, 9.17) is 0 Å². The van der Waals surface area contributed by atoms with Crippen molar-refractivity contribution in [3.05, 3.63) is 71.3 Å². The van der Waals surface area contributed by atoms with Crippen molar-refractivity contribution in [2.45, 2.75) is 24.3 Å². The molecule has 1 unspecified atom stereocenters. The Balaban J connectivity index is 2.36. The fraction of sp³-hybridized carbons (Fsp3) is 0.235. The predicted molar refractivity (Wildman–Crippen MR) is 82.4 cm³/mol. The van der Waals surface area contributed by atoms with Gasteiger partial charge in [0.15, 0.2) is 0 Å². The molecular formula is C17H16F2OS. The SMILES string of the molecule is CC(=O)C(C)SC(c1ccc(F)cc1)c1ccc(F)cc1. The number of ketones is 1. The number of hydrogen-bond acceptors (Lipinski definition) is 2. The van der Waals surface area contributed by atoms with Crippen LogP contribution >= 0.6 is 11.8 Å². The summed E-state index contributed by atoms with van der Waals surface area (Å²) in [6.07, 6.45) is 0. The molecule has 1 atom stereocenters. The van der Waals surface area contributed by atoms with E-state index in [0.29, 0.717) is 0 Å². The van der Waals surface area contributed by atoms with Crippen molar-refractivity contribution in [2.75, 3.05) is 0 Å². The summed E-state index contributed by atoms with van der Waals surface area (Å²) >= 11 is 1.48. The lowest BCUT2D eigenvalue weighted by molar-refractivity contribution is -0.116. The van der Waals surface area contributed by atoms with Crippen LogP contribution < -0.4 is 0 Å². The molecule has 110 valence electrons. The molecule has 0 heterocycles. The van der Waals surface area contributed by atoms with Crippen LogP contribution in [0.4, 0.5) is 8.78 Å². The Bertz CT molecular complexity index is 562. The number of halogens is 2. The Hall–Kier alpha value is -1.68. The van der Waals surface area contributed by atoms with Gasteiger partial charge in [-0.3, -0.25) is 4.79 Å². The molecule has 21 heavy (non-hydrogen) atoms. The summed E-state index contributed by atoms with van der Waals surface area (Å²) in [6, 6.07) is 12.4. The van der Waals surface area contributed by atoms with Gasteiger partial charge >= 0.3 is 0 Å². The summed E-state index contributed by atoms with van der Waals surface area (Å²) < 4.78 is 26.2. The Morgan fingerprint density at radius 3 is 1.62 bits per heavy atom. The first kappa shape index (κ1) is 15.7. The Morgan fingerprint density at radius 2 is 1.29 bits per heavy atom. The minimum Gasteiger partial charge on any atom is -0.299 e. The van der Waals surface area contributed by atoms with Gasteiger partial charge in [0.05, 0.1) is 10.5 Å². The van der Waals surface area contributed by atoms with E-state index >= 15 is 0 Å². The van der Waals surface area contributed by atoms with Crippen molar-refractivity contribution in [1.82, 2.24) is 0 Å². The van der Waals surface area contributed by atoms with E-state index < -0.39 is 0 Å². The van der Waals surface area contributed by atoms with Gasteiger partial charge < -0.3 is 0 Å². The Kier molecular flexibility index (Phi) is 5.12. The summed E-state index contributed by atoms with van der Waals surface area (Å²) in [6.45, 7) is 3.39. The van der Waals surface area contributed by atoms with Crippen LogP contribution in [0, 0.1) is 11.6 Å². The molecule has 0 bridgehead atoms. The van der Waals surface area contributed by atoms with Crippen LogP contribution in [0.25, 0.3) is 0 Å². The molecule has 0 saturated heterocycles. The molecule has 0 aliphatic rings. The second kappa shape index (κ2) is 6.85. The summed E-state index contributed by atoms with van der Waals surface area (Å²) in [4.78, 5) is 11.5. The largest absolute Gasteiger partial charge is 0.299 e. The highest BCUT2D eigenvalue weighted by molar-refractivity contribution is 8.01. The van der Waals surface area contributed by atoms with E-state index in [1.165, 1.54) is 36.0 Å². The van der Waals surface area contributed by atoms with Crippen molar-refractivity contribution in [3.63, 3.8) is 0 Å². The number of Topliss-reactive ketones (excluding diaryl/α,β-unsaturated/α-hetero) is 1. The molecular weight excluding hydrogens is 290 g/mol. The molecule has 0 fully saturated rings.